The molecule has 1 aromatic carbocycles. The van der Waals surface area contributed by atoms with Gasteiger partial charge in [-0.1, -0.05) is 29.4 Å². The largest absolute Gasteiger partial charge is 0.354 e. The monoisotopic (exact) mass is 335 g/mol. The normalized spacial score (nSPS) is 15.5. The number of pyridine rings is 1. The second-order valence-electron chi connectivity index (χ2n) is 6.43. The highest BCUT2D eigenvalue weighted by Gasteiger charge is 2.16. The minimum Gasteiger partial charge on any atom is -0.354 e. The number of anilines is 1. The van der Waals surface area contributed by atoms with Gasteiger partial charge in [-0.2, -0.15) is 4.98 Å². The third kappa shape index (κ3) is 3.25. The van der Waals surface area contributed by atoms with Crippen LogP contribution in [-0.4, -0.2) is 53.3 Å². The zero-order chi connectivity index (χ0) is 17.2. The van der Waals surface area contributed by atoms with Crippen molar-refractivity contribution in [2.75, 3.05) is 38.1 Å². The quantitative estimate of drug-likeness (QED) is 0.733. The molecule has 0 radical (unpaired) electrons. The summed E-state index contributed by atoms with van der Waals surface area (Å²) in [5.41, 5.74) is 2.95. The smallest absolute Gasteiger partial charge is 0.259 e. The van der Waals surface area contributed by atoms with Gasteiger partial charge in [0.15, 0.2) is 0 Å². The molecule has 0 spiro atoms. The molecule has 0 saturated carbocycles. The van der Waals surface area contributed by atoms with E-state index in [0.717, 1.165) is 48.7 Å². The first-order valence-corrected chi connectivity index (χ1v) is 8.50. The van der Waals surface area contributed by atoms with Gasteiger partial charge in [0.1, 0.15) is 5.82 Å². The first kappa shape index (κ1) is 15.8. The van der Waals surface area contributed by atoms with E-state index in [0.29, 0.717) is 11.7 Å². The molecule has 1 fully saturated rings. The van der Waals surface area contributed by atoms with Crippen molar-refractivity contribution in [2.45, 2.75) is 6.92 Å². The summed E-state index contributed by atoms with van der Waals surface area (Å²) in [7, 11) is 2.15. The topological polar surface area (TPSA) is 58.3 Å². The van der Waals surface area contributed by atoms with E-state index >= 15 is 0 Å². The van der Waals surface area contributed by atoms with E-state index in [9.17, 15) is 0 Å². The molecule has 4 rings (SSSR count). The van der Waals surface area contributed by atoms with E-state index in [-0.39, 0.29) is 0 Å². The van der Waals surface area contributed by atoms with Crippen LogP contribution in [0.1, 0.15) is 5.56 Å². The van der Waals surface area contributed by atoms with Crippen LogP contribution < -0.4 is 4.90 Å². The van der Waals surface area contributed by atoms with Gasteiger partial charge >= 0.3 is 0 Å². The Hall–Kier alpha value is -2.73. The molecular weight excluding hydrogens is 314 g/mol. The third-order valence-electron chi connectivity index (χ3n) is 4.63. The molecular formula is C19H21N5O. The van der Waals surface area contributed by atoms with Crippen LogP contribution in [0.5, 0.6) is 0 Å². The van der Waals surface area contributed by atoms with Crippen LogP contribution in [0.3, 0.4) is 0 Å². The van der Waals surface area contributed by atoms with Gasteiger partial charge in [-0.3, -0.25) is 0 Å². The van der Waals surface area contributed by atoms with Gasteiger partial charge in [0.25, 0.3) is 5.89 Å². The average molecular weight is 335 g/mol. The Morgan fingerprint density at radius 3 is 2.52 bits per heavy atom. The van der Waals surface area contributed by atoms with Crippen LogP contribution in [-0.2, 0) is 0 Å². The summed E-state index contributed by atoms with van der Waals surface area (Å²) in [5.74, 6) is 2.10. The molecule has 0 aliphatic carbocycles. The van der Waals surface area contributed by atoms with Crippen molar-refractivity contribution in [3.8, 4) is 22.8 Å². The van der Waals surface area contributed by atoms with Crippen LogP contribution in [0.15, 0.2) is 47.1 Å². The SMILES string of the molecule is Cc1ccccc1-c1noc(-c2ccc(N3CCN(C)CC3)nc2)n1. The van der Waals surface area contributed by atoms with E-state index in [1.165, 1.54) is 0 Å². The highest BCUT2D eigenvalue weighted by Crippen LogP contribution is 2.25. The van der Waals surface area contributed by atoms with E-state index in [1.54, 1.807) is 0 Å². The molecule has 0 amide bonds. The lowest BCUT2D eigenvalue weighted by atomic mass is 10.1. The Morgan fingerprint density at radius 2 is 1.80 bits per heavy atom. The van der Waals surface area contributed by atoms with E-state index in [1.807, 2.05) is 49.5 Å². The van der Waals surface area contributed by atoms with Gasteiger partial charge in [0.05, 0.1) is 5.56 Å². The van der Waals surface area contributed by atoms with Crippen molar-refractivity contribution in [3.63, 3.8) is 0 Å². The minimum absolute atomic E-state index is 0.496. The molecule has 6 heteroatoms. The summed E-state index contributed by atoms with van der Waals surface area (Å²) in [6.45, 7) is 6.17. The number of aromatic nitrogens is 3. The number of nitrogens with zero attached hydrogens (tertiary/aromatic N) is 5. The first-order valence-electron chi connectivity index (χ1n) is 8.50. The number of benzene rings is 1. The van der Waals surface area contributed by atoms with E-state index in [2.05, 4.69) is 32.0 Å². The molecule has 0 bridgehead atoms. The Labute approximate surface area is 147 Å². The molecule has 0 N–H and O–H groups in total. The van der Waals surface area contributed by atoms with Crippen molar-refractivity contribution in [3.05, 3.63) is 48.2 Å². The summed E-state index contributed by atoms with van der Waals surface area (Å²) in [6.07, 6.45) is 1.81. The Kier molecular flexibility index (Phi) is 4.19. The highest BCUT2D eigenvalue weighted by atomic mass is 16.5. The predicted molar refractivity (Wildman–Crippen MR) is 97.4 cm³/mol. The van der Waals surface area contributed by atoms with Gasteiger partial charge in [0, 0.05) is 37.9 Å². The van der Waals surface area contributed by atoms with Crippen molar-refractivity contribution in [1.29, 1.82) is 0 Å². The van der Waals surface area contributed by atoms with Crippen LogP contribution in [0.2, 0.25) is 0 Å². The second kappa shape index (κ2) is 6.64. The molecule has 3 aromatic rings. The molecule has 0 atom stereocenters. The molecule has 1 saturated heterocycles. The zero-order valence-electron chi connectivity index (χ0n) is 14.5. The Balaban J connectivity index is 1.54. The van der Waals surface area contributed by atoms with Gasteiger partial charge in [0.2, 0.25) is 5.82 Å². The number of aryl methyl sites for hydroxylation is 1. The maximum atomic E-state index is 5.44. The third-order valence-corrected chi connectivity index (χ3v) is 4.63. The number of hydrogen-bond acceptors (Lipinski definition) is 6. The predicted octanol–water partition coefficient (Wildman–Crippen LogP) is 2.86. The van der Waals surface area contributed by atoms with Gasteiger partial charge in [-0.25, -0.2) is 4.98 Å². The molecule has 3 heterocycles. The number of hydrogen-bond donors (Lipinski definition) is 0. The van der Waals surface area contributed by atoms with Crippen LogP contribution in [0.4, 0.5) is 5.82 Å². The van der Waals surface area contributed by atoms with Gasteiger partial charge in [-0.15, -0.1) is 0 Å². The van der Waals surface area contributed by atoms with Gasteiger partial charge in [-0.05, 0) is 31.7 Å². The summed E-state index contributed by atoms with van der Waals surface area (Å²) in [4.78, 5) is 13.7. The lowest BCUT2D eigenvalue weighted by molar-refractivity contribution is 0.312. The summed E-state index contributed by atoms with van der Waals surface area (Å²) in [6, 6.07) is 12.0. The lowest BCUT2D eigenvalue weighted by Crippen LogP contribution is -2.44. The number of likely N-dealkylation sites (N-methyl/N-ethyl adjacent to an activating group) is 1. The molecule has 1 aliphatic rings. The maximum Gasteiger partial charge on any atom is 0.259 e. The molecule has 128 valence electrons. The number of rotatable bonds is 3. The standard InChI is InChI=1S/C19H21N5O/c1-14-5-3-4-6-16(14)18-21-19(25-22-18)15-7-8-17(20-13-15)24-11-9-23(2)10-12-24/h3-8,13H,9-12H2,1-2H3. The van der Waals surface area contributed by atoms with Crippen molar-refractivity contribution in [2.24, 2.45) is 0 Å². The van der Waals surface area contributed by atoms with E-state index < -0.39 is 0 Å². The van der Waals surface area contributed by atoms with Crippen molar-refractivity contribution < 1.29 is 4.52 Å². The summed E-state index contributed by atoms with van der Waals surface area (Å²) < 4.78 is 5.44. The fourth-order valence-electron chi connectivity index (χ4n) is 3.01. The minimum atomic E-state index is 0.496. The van der Waals surface area contributed by atoms with Gasteiger partial charge < -0.3 is 14.3 Å². The van der Waals surface area contributed by atoms with Crippen molar-refractivity contribution in [1.82, 2.24) is 20.0 Å². The lowest BCUT2D eigenvalue weighted by Gasteiger charge is -2.33. The fourth-order valence-corrected chi connectivity index (χ4v) is 3.01. The molecule has 1 aliphatic heterocycles. The van der Waals surface area contributed by atoms with Crippen molar-refractivity contribution >= 4 is 5.82 Å². The summed E-state index contributed by atoms with van der Waals surface area (Å²) in [5, 5.41) is 4.11. The zero-order valence-corrected chi connectivity index (χ0v) is 14.5. The maximum absolute atomic E-state index is 5.44. The Morgan fingerprint density at radius 1 is 1.00 bits per heavy atom. The number of piperazine rings is 1. The average Bonchev–Trinajstić information content (AvgIpc) is 3.13. The molecule has 0 unspecified atom stereocenters. The fraction of sp³-hybridized carbons (Fsp3) is 0.316. The highest BCUT2D eigenvalue weighted by molar-refractivity contribution is 5.62. The van der Waals surface area contributed by atoms with E-state index in [4.69, 9.17) is 4.52 Å². The Bertz CT molecular complexity index is 850. The van der Waals surface area contributed by atoms with Crippen LogP contribution in [0, 0.1) is 6.92 Å². The van der Waals surface area contributed by atoms with Crippen LogP contribution >= 0.6 is 0 Å². The molecule has 25 heavy (non-hydrogen) atoms. The van der Waals surface area contributed by atoms with Crippen LogP contribution in [0.25, 0.3) is 22.8 Å². The first-order chi connectivity index (χ1) is 12.2. The molecule has 6 nitrogen and oxygen atoms in total. The second-order valence-corrected chi connectivity index (χ2v) is 6.43. The molecule has 2 aromatic heterocycles. The summed E-state index contributed by atoms with van der Waals surface area (Å²) >= 11 is 0.